The highest BCUT2D eigenvalue weighted by Gasteiger charge is 2.36. The van der Waals surface area contributed by atoms with Gasteiger partial charge in [0.1, 0.15) is 0 Å². The lowest BCUT2D eigenvalue weighted by Gasteiger charge is -2.32. The first-order valence-electron chi connectivity index (χ1n) is 7.08. The molecule has 0 aliphatic rings. The van der Waals surface area contributed by atoms with E-state index in [1.807, 2.05) is 7.11 Å². The van der Waals surface area contributed by atoms with Gasteiger partial charge in [-0.25, -0.2) is 0 Å². The molecule has 0 saturated carbocycles. The molecule has 104 valence electrons. The largest absolute Gasteiger partial charge is 0.398 e. The molecule has 0 heterocycles. The molecule has 0 spiro atoms. The van der Waals surface area contributed by atoms with Gasteiger partial charge in [0.15, 0.2) is 0 Å². The van der Waals surface area contributed by atoms with Gasteiger partial charge in [0.2, 0.25) is 0 Å². The van der Waals surface area contributed by atoms with Gasteiger partial charge in [-0.3, -0.25) is 0 Å². The van der Waals surface area contributed by atoms with Crippen molar-refractivity contribution >= 4 is 8.56 Å². The van der Waals surface area contributed by atoms with Crippen LogP contribution in [0.15, 0.2) is 0 Å². The van der Waals surface area contributed by atoms with Crippen molar-refractivity contribution in [2.24, 2.45) is 5.41 Å². The van der Waals surface area contributed by atoms with Crippen molar-refractivity contribution in [1.29, 1.82) is 0 Å². The van der Waals surface area contributed by atoms with Gasteiger partial charge in [-0.1, -0.05) is 60.3 Å². The highest BCUT2D eigenvalue weighted by atomic mass is 28.4. The normalized spacial score (nSPS) is 13.1. The summed E-state index contributed by atoms with van der Waals surface area (Å²) in [6.07, 6.45) is 4.91. The summed E-state index contributed by atoms with van der Waals surface area (Å²) in [6.45, 7) is 12.0. The Morgan fingerprint density at radius 2 is 1.41 bits per heavy atom. The lowest BCUT2D eigenvalue weighted by molar-refractivity contribution is 0.134. The summed E-state index contributed by atoms with van der Waals surface area (Å²) in [5.74, 6) is 0. The minimum absolute atomic E-state index is 0.231. The van der Waals surface area contributed by atoms with Crippen LogP contribution in [0.3, 0.4) is 0 Å². The van der Waals surface area contributed by atoms with Crippen LogP contribution < -0.4 is 0 Å². The number of hydrogen-bond donors (Lipinski definition) is 0. The molecule has 0 atom stereocenters. The van der Waals surface area contributed by atoms with Crippen LogP contribution in [0.5, 0.6) is 0 Å². The van der Waals surface area contributed by atoms with E-state index < -0.39 is 8.56 Å². The van der Waals surface area contributed by atoms with E-state index in [2.05, 4.69) is 34.6 Å². The fraction of sp³-hybridized carbons (Fsp3) is 1.00. The van der Waals surface area contributed by atoms with Gasteiger partial charge in [0.05, 0.1) is 0 Å². The third kappa shape index (κ3) is 7.95. The van der Waals surface area contributed by atoms with Crippen LogP contribution >= 0.6 is 0 Å². The van der Waals surface area contributed by atoms with E-state index in [0.717, 1.165) is 18.7 Å². The molecule has 2 nitrogen and oxygen atoms in total. The molecule has 0 radical (unpaired) electrons. The predicted octanol–water partition coefficient (Wildman–Crippen LogP) is 4.74. The van der Waals surface area contributed by atoms with Gasteiger partial charge < -0.3 is 8.85 Å². The maximum absolute atomic E-state index is 6.26. The van der Waals surface area contributed by atoms with E-state index in [1.54, 1.807) is 0 Å². The second-order valence-electron chi connectivity index (χ2n) is 6.17. The zero-order valence-electron chi connectivity index (χ0n) is 12.8. The summed E-state index contributed by atoms with van der Waals surface area (Å²) in [7, 11) is -0.0738. The molecule has 0 bridgehead atoms. The van der Waals surface area contributed by atoms with Gasteiger partial charge in [-0.15, -0.1) is 0 Å². The summed E-state index contributed by atoms with van der Waals surface area (Å²) in [5.41, 5.74) is 0.231. The van der Waals surface area contributed by atoms with Crippen LogP contribution in [0.25, 0.3) is 0 Å². The number of rotatable bonds is 9. The molecule has 0 aliphatic carbocycles. The summed E-state index contributed by atoms with van der Waals surface area (Å²) in [5, 5.41) is 0. The maximum Gasteiger partial charge on any atom is 0.337 e. The van der Waals surface area contributed by atoms with E-state index in [9.17, 15) is 0 Å². The Bertz CT molecular complexity index is 179. The molecule has 0 aromatic carbocycles. The van der Waals surface area contributed by atoms with Crippen LogP contribution in [0.1, 0.15) is 60.3 Å². The van der Waals surface area contributed by atoms with Gasteiger partial charge in [-0.2, -0.15) is 0 Å². The van der Waals surface area contributed by atoms with E-state index in [1.165, 1.54) is 25.7 Å². The molecule has 0 aromatic heterocycles. The summed E-state index contributed by atoms with van der Waals surface area (Å²) < 4.78 is 12.1. The SMILES string of the molecule is CCCC[Si](CCCC)(OC)OCC(C)(C)C. The molecule has 0 aromatic rings. The minimum atomic E-state index is -1.92. The van der Waals surface area contributed by atoms with E-state index in [-0.39, 0.29) is 5.41 Å². The summed E-state index contributed by atoms with van der Waals surface area (Å²) in [6, 6.07) is 2.30. The quantitative estimate of drug-likeness (QED) is 0.558. The molecule has 0 saturated heterocycles. The zero-order valence-corrected chi connectivity index (χ0v) is 13.8. The average molecular weight is 260 g/mol. The first-order valence-corrected chi connectivity index (χ1v) is 9.31. The first kappa shape index (κ1) is 17.1. The monoisotopic (exact) mass is 260 g/mol. The third-order valence-corrected chi connectivity index (χ3v) is 6.61. The van der Waals surface area contributed by atoms with Crippen molar-refractivity contribution < 1.29 is 8.85 Å². The molecule has 17 heavy (non-hydrogen) atoms. The van der Waals surface area contributed by atoms with Gasteiger partial charge in [-0.05, 0) is 17.5 Å². The smallest absolute Gasteiger partial charge is 0.337 e. The van der Waals surface area contributed by atoms with Crippen molar-refractivity contribution in [3.8, 4) is 0 Å². The highest BCUT2D eigenvalue weighted by molar-refractivity contribution is 6.67. The third-order valence-electron chi connectivity index (χ3n) is 2.96. The Balaban J connectivity index is 4.43. The van der Waals surface area contributed by atoms with Crippen LogP contribution in [0.4, 0.5) is 0 Å². The fourth-order valence-electron chi connectivity index (χ4n) is 1.77. The van der Waals surface area contributed by atoms with Crippen LogP contribution in [-0.2, 0) is 8.85 Å². The molecule has 0 aliphatic heterocycles. The van der Waals surface area contributed by atoms with Crippen molar-refractivity contribution in [2.45, 2.75) is 72.4 Å². The first-order chi connectivity index (χ1) is 7.89. The standard InChI is InChI=1S/C14H32O2Si/c1-7-9-11-17(15-6,12-10-8-2)16-13-14(3,4)5/h7-13H2,1-6H3. The fourth-order valence-corrected chi connectivity index (χ4v) is 5.32. The zero-order chi connectivity index (χ0) is 13.4. The predicted molar refractivity (Wildman–Crippen MR) is 77.6 cm³/mol. The van der Waals surface area contributed by atoms with Crippen molar-refractivity contribution in [3.63, 3.8) is 0 Å². The molecule has 3 heteroatoms. The average Bonchev–Trinajstić information content (AvgIpc) is 2.28. The minimum Gasteiger partial charge on any atom is -0.398 e. The maximum atomic E-state index is 6.26. The van der Waals surface area contributed by atoms with Gasteiger partial charge in [0.25, 0.3) is 0 Å². The molecule has 0 amide bonds. The molecular weight excluding hydrogens is 228 g/mol. The Morgan fingerprint density at radius 1 is 0.941 bits per heavy atom. The van der Waals surface area contributed by atoms with Crippen LogP contribution in [0.2, 0.25) is 12.1 Å². The van der Waals surface area contributed by atoms with Crippen LogP contribution in [0, 0.1) is 5.41 Å². The molecule has 0 unspecified atom stereocenters. The van der Waals surface area contributed by atoms with Crippen LogP contribution in [-0.4, -0.2) is 22.3 Å². The molecule has 0 fully saturated rings. The molecule has 0 N–H and O–H groups in total. The second kappa shape index (κ2) is 8.28. The lowest BCUT2D eigenvalue weighted by Crippen LogP contribution is -2.43. The van der Waals surface area contributed by atoms with E-state index in [0.29, 0.717) is 0 Å². The summed E-state index contributed by atoms with van der Waals surface area (Å²) >= 11 is 0. The number of unbranched alkanes of at least 4 members (excludes halogenated alkanes) is 2. The molecule has 0 rings (SSSR count). The highest BCUT2D eigenvalue weighted by Crippen LogP contribution is 2.26. The van der Waals surface area contributed by atoms with Crippen molar-refractivity contribution in [2.75, 3.05) is 13.7 Å². The van der Waals surface area contributed by atoms with Gasteiger partial charge in [0, 0.05) is 13.7 Å². The summed E-state index contributed by atoms with van der Waals surface area (Å²) in [4.78, 5) is 0. The Morgan fingerprint density at radius 3 is 1.71 bits per heavy atom. The van der Waals surface area contributed by atoms with E-state index in [4.69, 9.17) is 8.85 Å². The Labute approximate surface area is 109 Å². The van der Waals surface area contributed by atoms with Crippen molar-refractivity contribution in [1.82, 2.24) is 0 Å². The second-order valence-corrected chi connectivity index (χ2v) is 9.69. The van der Waals surface area contributed by atoms with E-state index >= 15 is 0 Å². The Hall–Kier alpha value is 0.137. The van der Waals surface area contributed by atoms with Gasteiger partial charge >= 0.3 is 8.56 Å². The molecular formula is C14H32O2Si. The topological polar surface area (TPSA) is 18.5 Å². The number of hydrogen-bond acceptors (Lipinski definition) is 2. The van der Waals surface area contributed by atoms with Crippen molar-refractivity contribution in [3.05, 3.63) is 0 Å². The lowest BCUT2D eigenvalue weighted by atomic mass is 9.99. The Kier molecular flexibility index (Phi) is 8.34.